The molecule has 1 aromatic carbocycles. The Hall–Kier alpha value is -1.20. The normalized spacial score (nSPS) is 12.2. The maximum atomic E-state index is 11.7. The van der Waals surface area contributed by atoms with Gasteiger partial charge in [0.25, 0.3) is 0 Å². The number of hydrogen-bond acceptors (Lipinski definition) is 5. The molecular formula is C13H19NO3S. The van der Waals surface area contributed by atoms with E-state index in [2.05, 4.69) is 0 Å². The number of nitrogen functional groups attached to an aromatic ring is 1. The van der Waals surface area contributed by atoms with Crippen molar-refractivity contribution in [3.63, 3.8) is 0 Å². The van der Waals surface area contributed by atoms with Crippen LogP contribution >= 0.6 is 11.8 Å². The molecule has 0 amide bonds. The highest BCUT2D eigenvalue weighted by molar-refractivity contribution is 7.99. The first-order valence-corrected chi connectivity index (χ1v) is 6.88. The predicted octanol–water partition coefficient (Wildman–Crippen LogP) is 2.17. The van der Waals surface area contributed by atoms with E-state index >= 15 is 0 Å². The molecule has 0 aliphatic carbocycles. The van der Waals surface area contributed by atoms with E-state index in [-0.39, 0.29) is 12.5 Å². The summed E-state index contributed by atoms with van der Waals surface area (Å²) in [5.74, 6) is 0.556. The molecule has 1 atom stereocenters. The molecule has 0 spiro atoms. The van der Waals surface area contributed by atoms with Crippen molar-refractivity contribution in [3.05, 3.63) is 23.8 Å². The Morgan fingerprint density at radius 1 is 1.56 bits per heavy atom. The standard InChI is InChI=1S/C13H19NO3S/c1-3-17-13(16)10-5-4-6-11(12(10)14)18-8-9(2)7-15/h4-6,9,15H,3,7-8,14H2,1-2H3. The average Bonchev–Trinajstić information content (AvgIpc) is 2.37. The third kappa shape index (κ3) is 3.92. The fourth-order valence-corrected chi connectivity index (χ4v) is 2.35. The molecule has 0 aliphatic heterocycles. The number of nitrogens with two attached hydrogens (primary N) is 1. The molecule has 0 aliphatic rings. The summed E-state index contributed by atoms with van der Waals surface area (Å²) in [5.41, 5.74) is 6.81. The van der Waals surface area contributed by atoms with Gasteiger partial charge in [-0.2, -0.15) is 0 Å². The number of aliphatic hydroxyl groups excluding tert-OH is 1. The van der Waals surface area contributed by atoms with Crippen molar-refractivity contribution in [2.75, 3.05) is 24.7 Å². The predicted molar refractivity (Wildman–Crippen MR) is 73.8 cm³/mol. The van der Waals surface area contributed by atoms with E-state index < -0.39 is 5.97 Å². The lowest BCUT2D eigenvalue weighted by molar-refractivity contribution is 0.0527. The molecule has 0 saturated carbocycles. The van der Waals surface area contributed by atoms with Crippen molar-refractivity contribution in [2.24, 2.45) is 5.92 Å². The molecular weight excluding hydrogens is 250 g/mol. The van der Waals surface area contributed by atoms with E-state index in [4.69, 9.17) is 15.6 Å². The van der Waals surface area contributed by atoms with Crippen LogP contribution in [-0.2, 0) is 4.74 Å². The second-order valence-corrected chi connectivity index (χ2v) is 5.10. The topological polar surface area (TPSA) is 72.5 Å². The first-order chi connectivity index (χ1) is 8.60. The number of para-hydroxylation sites is 1. The van der Waals surface area contributed by atoms with Crippen LogP contribution in [0.1, 0.15) is 24.2 Å². The van der Waals surface area contributed by atoms with Crippen molar-refractivity contribution < 1.29 is 14.6 Å². The largest absolute Gasteiger partial charge is 0.462 e. The minimum Gasteiger partial charge on any atom is -0.462 e. The number of carbonyl (C=O) groups excluding carboxylic acids is 1. The second kappa shape index (κ2) is 7.28. The highest BCUT2D eigenvalue weighted by Crippen LogP contribution is 2.29. The zero-order chi connectivity index (χ0) is 13.5. The van der Waals surface area contributed by atoms with Crippen LogP contribution in [-0.4, -0.2) is 30.0 Å². The molecule has 4 nitrogen and oxygen atoms in total. The van der Waals surface area contributed by atoms with Gasteiger partial charge >= 0.3 is 5.97 Å². The Bertz CT molecular complexity index is 409. The van der Waals surface area contributed by atoms with Crippen LogP contribution in [0.5, 0.6) is 0 Å². The third-order valence-corrected chi connectivity index (χ3v) is 3.80. The van der Waals surface area contributed by atoms with E-state index in [1.807, 2.05) is 13.0 Å². The van der Waals surface area contributed by atoms with E-state index in [0.29, 0.717) is 17.9 Å². The molecule has 18 heavy (non-hydrogen) atoms. The molecule has 1 unspecified atom stereocenters. The first kappa shape index (κ1) is 14.9. The van der Waals surface area contributed by atoms with Crippen LogP contribution in [0.4, 0.5) is 5.69 Å². The molecule has 0 fully saturated rings. The first-order valence-electron chi connectivity index (χ1n) is 5.89. The minimum atomic E-state index is -0.396. The number of benzene rings is 1. The van der Waals surface area contributed by atoms with Gasteiger partial charge in [-0.25, -0.2) is 4.79 Å². The SMILES string of the molecule is CCOC(=O)c1cccc(SCC(C)CO)c1N. The van der Waals surface area contributed by atoms with Gasteiger partial charge in [-0.3, -0.25) is 0 Å². The molecule has 0 heterocycles. The van der Waals surface area contributed by atoms with Crippen molar-refractivity contribution in [1.82, 2.24) is 0 Å². The van der Waals surface area contributed by atoms with Crippen LogP contribution in [0.15, 0.2) is 23.1 Å². The lowest BCUT2D eigenvalue weighted by Gasteiger charge is -2.11. The number of aliphatic hydroxyl groups is 1. The van der Waals surface area contributed by atoms with Gasteiger partial charge in [0.2, 0.25) is 0 Å². The van der Waals surface area contributed by atoms with Crippen molar-refractivity contribution >= 4 is 23.4 Å². The third-order valence-electron chi connectivity index (χ3n) is 2.40. The molecule has 0 bridgehead atoms. The summed E-state index contributed by atoms with van der Waals surface area (Å²) in [6.45, 7) is 4.19. The van der Waals surface area contributed by atoms with Crippen LogP contribution in [0.2, 0.25) is 0 Å². The molecule has 0 aromatic heterocycles. The van der Waals surface area contributed by atoms with Crippen LogP contribution in [0.3, 0.4) is 0 Å². The van der Waals surface area contributed by atoms with Gasteiger partial charge in [0, 0.05) is 17.3 Å². The maximum absolute atomic E-state index is 11.7. The summed E-state index contributed by atoms with van der Waals surface area (Å²) in [5, 5.41) is 8.98. The fourth-order valence-electron chi connectivity index (χ4n) is 1.34. The van der Waals surface area contributed by atoms with Gasteiger partial charge in [0.1, 0.15) is 0 Å². The van der Waals surface area contributed by atoms with Crippen LogP contribution in [0, 0.1) is 5.92 Å². The molecule has 100 valence electrons. The molecule has 0 radical (unpaired) electrons. The Morgan fingerprint density at radius 2 is 2.28 bits per heavy atom. The highest BCUT2D eigenvalue weighted by Gasteiger charge is 2.14. The summed E-state index contributed by atoms with van der Waals surface area (Å²) in [4.78, 5) is 12.5. The molecule has 5 heteroatoms. The number of rotatable bonds is 6. The zero-order valence-electron chi connectivity index (χ0n) is 10.7. The number of anilines is 1. The van der Waals surface area contributed by atoms with Gasteiger partial charge in [0.05, 0.1) is 17.9 Å². The molecule has 1 aromatic rings. The highest BCUT2D eigenvalue weighted by atomic mass is 32.2. The Labute approximate surface area is 112 Å². The van der Waals surface area contributed by atoms with Gasteiger partial charge < -0.3 is 15.6 Å². The van der Waals surface area contributed by atoms with Crippen molar-refractivity contribution in [2.45, 2.75) is 18.7 Å². The molecule has 1 rings (SSSR count). The average molecular weight is 269 g/mol. The number of ether oxygens (including phenoxy) is 1. The van der Waals surface area contributed by atoms with Gasteiger partial charge in [-0.15, -0.1) is 11.8 Å². The van der Waals surface area contributed by atoms with Crippen LogP contribution < -0.4 is 5.73 Å². The van der Waals surface area contributed by atoms with E-state index in [1.54, 1.807) is 19.1 Å². The van der Waals surface area contributed by atoms with E-state index in [1.165, 1.54) is 11.8 Å². The number of carbonyl (C=O) groups is 1. The zero-order valence-corrected chi connectivity index (χ0v) is 11.5. The maximum Gasteiger partial charge on any atom is 0.340 e. The Morgan fingerprint density at radius 3 is 2.89 bits per heavy atom. The number of thioether (sulfide) groups is 1. The quantitative estimate of drug-likeness (QED) is 0.470. The Kier molecular flexibility index (Phi) is 6.01. The molecule has 3 N–H and O–H groups in total. The smallest absolute Gasteiger partial charge is 0.340 e. The number of hydrogen-bond donors (Lipinski definition) is 2. The van der Waals surface area contributed by atoms with E-state index in [9.17, 15) is 4.79 Å². The minimum absolute atomic E-state index is 0.143. The lowest BCUT2D eigenvalue weighted by Crippen LogP contribution is -2.09. The fraction of sp³-hybridized carbons (Fsp3) is 0.462. The molecule has 0 saturated heterocycles. The second-order valence-electron chi connectivity index (χ2n) is 4.04. The van der Waals surface area contributed by atoms with E-state index in [0.717, 1.165) is 10.6 Å². The monoisotopic (exact) mass is 269 g/mol. The summed E-state index contributed by atoms with van der Waals surface area (Å²) in [6.07, 6.45) is 0. The van der Waals surface area contributed by atoms with Gasteiger partial charge in [-0.05, 0) is 25.0 Å². The van der Waals surface area contributed by atoms with Gasteiger partial charge in [0.15, 0.2) is 0 Å². The van der Waals surface area contributed by atoms with Crippen LogP contribution in [0.25, 0.3) is 0 Å². The lowest BCUT2D eigenvalue weighted by atomic mass is 10.2. The van der Waals surface area contributed by atoms with Crippen molar-refractivity contribution in [1.29, 1.82) is 0 Å². The van der Waals surface area contributed by atoms with Gasteiger partial charge in [-0.1, -0.05) is 13.0 Å². The number of esters is 1. The summed E-state index contributed by atoms with van der Waals surface area (Å²) >= 11 is 1.54. The van der Waals surface area contributed by atoms with Crippen molar-refractivity contribution in [3.8, 4) is 0 Å². The summed E-state index contributed by atoms with van der Waals surface area (Å²) in [7, 11) is 0. The Balaban J connectivity index is 2.81. The summed E-state index contributed by atoms with van der Waals surface area (Å²) in [6, 6.07) is 5.31. The summed E-state index contributed by atoms with van der Waals surface area (Å²) < 4.78 is 4.94.